The topological polar surface area (TPSA) is 35.6 Å². The largest absolute Gasteiger partial charge is 0.317 e. The van der Waals surface area contributed by atoms with E-state index in [0.29, 0.717) is 5.82 Å². The molecule has 0 unspecified atom stereocenters. The molecule has 0 bridgehead atoms. The van der Waals surface area contributed by atoms with E-state index in [1.165, 1.54) is 49.1 Å². The summed E-state index contributed by atoms with van der Waals surface area (Å²) in [4.78, 5) is 10.4. The van der Waals surface area contributed by atoms with Crippen molar-refractivity contribution in [1.29, 1.82) is 0 Å². The minimum Gasteiger partial charge on any atom is -0.317 e. The van der Waals surface area contributed by atoms with E-state index in [0.717, 1.165) is 44.6 Å². The van der Waals surface area contributed by atoms with Crippen molar-refractivity contribution in [3.05, 3.63) is 194 Å². The van der Waals surface area contributed by atoms with Gasteiger partial charge < -0.3 is 9.13 Å². The van der Waals surface area contributed by atoms with Crippen LogP contribution in [-0.4, -0.2) is 19.1 Å². The molecule has 4 heteroatoms. The Labute approximate surface area is 311 Å². The van der Waals surface area contributed by atoms with Gasteiger partial charge in [-0.2, -0.15) is 0 Å². The first-order valence-electron chi connectivity index (χ1n) is 18.3. The fourth-order valence-corrected chi connectivity index (χ4v) is 8.09. The van der Waals surface area contributed by atoms with E-state index in [9.17, 15) is 0 Å². The highest BCUT2D eigenvalue weighted by atomic mass is 15.0. The zero-order chi connectivity index (χ0) is 35.6. The molecule has 11 rings (SSSR count). The van der Waals surface area contributed by atoms with E-state index in [1.807, 2.05) is 6.07 Å². The molecule has 3 heterocycles. The van der Waals surface area contributed by atoms with Gasteiger partial charge in [0.1, 0.15) is 0 Å². The van der Waals surface area contributed by atoms with Gasteiger partial charge in [-0.3, -0.25) is 0 Å². The average molecular weight is 689 g/mol. The second-order valence-electron chi connectivity index (χ2n) is 13.9. The van der Waals surface area contributed by atoms with Crippen LogP contribution in [0.5, 0.6) is 0 Å². The van der Waals surface area contributed by atoms with Crippen molar-refractivity contribution in [2.24, 2.45) is 0 Å². The van der Waals surface area contributed by atoms with Crippen molar-refractivity contribution in [3.8, 4) is 45.1 Å². The van der Waals surface area contributed by atoms with Crippen molar-refractivity contribution in [1.82, 2.24) is 19.1 Å². The summed E-state index contributed by atoms with van der Waals surface area (Å²) >= 11 is 0. The summed E-state index contributed by atoms with van der Waals surface area (Å²) in [6.07, 6.45) is 2.16. The first kappa shape index (κ1) is 30.3. The molecule has 0 saturated carbocycles. The molecule has 0 N–H and O–H groups in total. The van der Waals surface area contributed by atoms with Crippen LogP contribution in [0.25, 0.3) is 99.5 Å². The number of aromatic nitrogens is 4. The second kappa shape index (κ2) is 12.1. The van der Waals surface area contributed by atoms with Crippen LogP contribution in [0, 0.1) is 0 Å². The van der Waals surface area contributed by atoms with Crippen LogP contribution in [0.1, 0.15) is 0 Å². The van der Waals surface area contributed by atoms with Crippen LogP contribution in [0.4, 0.5) is 0 Å². The Morgan fingerprint density at radius 1 is 0.352 bits per heavy atom. The molecule has 54 heavy (non-hydrogen) atoms. The number of hydrogen-bond donors (Lipinski definition) is 0. The summed E-state index contributed by atoms with van der Waals surface area (Å²) < 4.78 is 4.65. The molecule has 0 amide bonds. The third kappa shape index (κ3) is 4.92. The maximum absolute atomic E-state index is 5.28. The maximum Gasteiger partial charge on any atom is 0.160 e. The van der Waals surface area contributed by atoms with Crippen molar-refractivity contribution >= 4 is 54.4 Å². The molecule has 0 fully saturated rings. The smallest absolute Gasteiger partial charge is 0.160 e. The number of para-hydroxylation sites is 3. The minimum absolute atomic E-state index is 0.701. The third-order valence-corrected chi connectivity index (χ3v) is 10.7. The molecule has 8 aromatic carbocycles. The average Bonchev–Trinajstić information content (AvgIpc) is 3.81. The zero-order valence-electron chi connectivity index (χ0n) is 29.3. The standard InChI is InChI=1S/C50H32N4/c1-2-14-40(15-3-1)53-28-27-38-31-48-44(32-47(38)53)42-17-7-9-20-46(42)54(48)41-16-10-13-39(30-41)50-51-45-19-8-6-18-43(45)49(52-50)35-24-21-34(22-25-35)37-26-23-33-11-4-5-12-36(33)29-37/h1-32H. The predicted octanol–water partition coefficient (Wildman–Crippen LogP) is 12.8. The molecule has 0 aliphatic rings. The minimum atomic E-state index is 0.701. The summed E-state index contributed by atoms with van der Waals surface area (Å²) in [6.45, 7) is 0. The van der Waals surface area contributed by atoms with Crippen molar-refractivity contribution < 1.29 is 0 Å². The van der Waals surface area contributed by atoms with E-state index < -0.39 is 0 Å². The van der Waals surface area contributed by atoms with Gasteiger partial charge in [-0.15, -0.1) is 0 Å². The van der Waals surface area contributed by atoms with Gasteiger partial charge in [0.15, 0.2) is 5.82 Å². The Hall–Kier alpha value is -7.30. The van der Waals surface area contributed by atoms with Crippen LogP contribution in [0.15, 0.2) is 194 Å². The lowest BCUT2D eigenvalue weighted by Crippen LogP contribution is -1.98. The van der Waals surface area contributed by atoms with Crippen molar-refractivity contribution in [3.63, 3.8) is 0 Å². The molecule has 0 atom stereocenters. The number of hydrogen-bond acceptors (Lipinski definition) is 2. The highest BCUT2D eigenvalue weighted by molar-refractivity contribution is 6.13. The lowest BCUT2D eigenvalue weighted by molar-refractivity contribution is 1.13. The molecule has 0 spiro atoms. The molecule has 11 aromatic rings. The fourth-order valence-electron chi connectivity index (χ4n) is 8.09. The molecule has 252 valence electrons. The van der Waals surface area contributed by atoms with Gasteiger partial charge in [-0.1, -0.05) is 127 Å². The summed E-state index contributed by atoms with van der Waals surface area (Å²) in [5.74, 6) is 0.701. The number of benzene rings is 8. The van der Waals surface area contributed by atoms with Crippen molar-refractivity contribution in [2.75, 3.05) is 0 Å². The SMILES string of the molecule is c1ccc(-n2ccc3cc4c(cc32)c2ccccc2n4-c2cccc(-c3nc(-c4ccc(-c5ccc6ccccc6c5)cc4)c4ccccc4n3)c2)cc1. The molecule has 0 aliphatic carbocycles. The fraction of sp³-hybridized carbons (Fsp3) is 0. The van der Waals surface area contributed by atoms with Crippen LogP contribution in [0.3, 0.4) is 0 Å². The quantitative estimate of drug-likeness (QED) is 0.180. The van der Waals surface area contributed by atoms with Crippen LogP contribution >= 0.6 is 0 Å². The molecular weight excluding hydrogens is 657 g/mol. The molecule has 0 aliphatic heterocycles. The first-order valence-corrected chi connectivity index (χ1v) is 18.3. The molecule has 0 saturated heterocycles. The normalized spacial score (nSPS) is 11.7. The van der Waals surface area contributed by atoms with E-state index in [2.05, 4.69) is 197 Å². The third-order valence-electron chi connectivity index (χ3n) is 10.7. The Balaban J connectivity index is 1.03. The maximum atomic E-state index is 5.28. The first-order chi connectivity index (χ1) is 26.7. The van der Waals surface area contributed by atoms with Crippen LogP contribution in [-0.2, 0) is 0 Å². The summed E-state index contributed by atoms with van der Waals surface area (Å²) in [5, 5.41) is 7.15. The summed E-state index contributed by atoms with van der Waals surface area (Å²) in [6, 6.07) is 67.0. The van der Waals surface area contributed by atoms with E-state index in [1.54, 1.807) is 0 Å². The second-order valence-corrected chi connectivity index (χ2v) is 13.9. The molecule has 3 aromatic heterocycles. The van der Waals surface area contributed by atoms with E-state index in [-0.39, 0.29) is 0 Å². The van der Waals surface area contributed by atoms with Gasteiger partial charge in [0.2, 0.25) is 0 Å². The van der Waals surface area contributed by atoms with Crippen molar-refractivity contribution in [2.45, 2.75) is 0 Å². The van der Waals surface area contributed by atoms with Gasteiger partial charge in [0, 0.05) is 50.2 Å². The number of nitrogens with zero attached hydrogens (tertiary/aromatic N) is 4. The molecule has 4 nitrogen and oxygen atoms in total. The molecular formula is C50H32N4. The van der Waals surface area contributed by atoms with Gasteiger partial charge in [-0.05, 0) is 82.6 Å². The zero-order valence-corrected chi connectivity index (χ0v) is 29.3. The molecule has 0 radical (unpaired) electrons. The Morgan fingerprint density at radius 3 is 1.96 bits per heavy atom. The monoisotopic (exact) mass is 688 g/mol. The lowest BCUT2D eigenvalue weighted by Gasteiger charge is -2.12. The number of fused-ring (bicyclic) bond motifs is 6. The highest BCUT2D eigenvalue weighted by Gasteiger charge is 2.17. The number of rotatable bonds is 5. The Kier molecular flexibility index (Phi) is 6.82. The van der Waals surface area contributed by atoms with Gasteiger partial charge >= 0.3 is 0 Å². The lowest BCUT2D eigenvalue weighted by atomic mass is 9.98. The van der Waals surface area contributed by atoms with Crippen LogP contribution < -0.4 is 0 Å². The predicted molar refractivity (Wildman–Crippen MR) is 225 cm³/mol. The summed E-state index contributed by atoms with van der Waals surface area (Å²) in [7, 11) is 0. The Morgan fingerprint density at radius 2 is 1.07 bits per heavy atom. The van der Waals surface area contributed by atoms with Gasteiger partial charge in [-0.25, -0.2) is 9.97 Å². The van der Waals surface area contributed by atoms with E-state index in [4.69, 9.17) is 9.97 Å². The summed E-state index contributed by atoms with van der Waals surface area (Å²) in [5.41, 5.74) is 12.0. The van der Waals surface area contributed by atoms with Gasteiger partial charge in [0.25, 0.3) is 0 Å². The van der Waals surface area contributed by atoms with Gasteiger partial charge in [0.05, 0.1) is 27.8 Å². The highest BCUT2D eigenvalue weighted by Crippen LogP contribution is 2.37. The Bertz CT molecular complexity index is 3210. The van der Waals surface area contributed by atoms with E-state index >= 15 is 0 Å². The van der Waals surface area contributed by atoms with Crippen LogP contribution in [0.2, 0.25) is 0 Å².